The zero-order valence-corrected chi connectivity index (χ0v) is 16.1. The predicted molar refractivity (Wildman–Crippen MR) is 113 cm³/mol. The number of aromatic nitrogens is 1. The topological polar surface area (TPSA) is 42.0 Å². The van der Waals surface area contributed by atoms with E-state index >= 15 is 0 Å². The van der Waals surface area contributed by atoms with Crippen LogP contribution in [0.25, 0.3) is 0 Å². The van der Waals surface area contributed by atoms with Gasteiger partial charge in [-0.25, -0.2) is 4.98 Å². The Morgan fingerprint density at radius 3 is 2.67 bits per heavy atom. The standard InChI is InChI=1S/C22H17ClN2OS/c23-19-10-7-18(8-11-19)15-27-16-22(26)25-21-6-3-4-17(14-21)9-12-20-5-1-2-13-24-20/h1-8,10-11,13-14H,15-16H2,(H,25,26). The summed E-state index contributed by atoms with van der Waals surface area (Å²) in [5, 5.41) is 3.63. The number of thioether (sulfide) groups is 1. The summed E-state index contributed by atoms with van der Waals surface area (Å²) in [6.45, 7) is 0. The first-order chi connectivity index (χ1) is 13.2. The van der Waals surface area contributed by atoms with E-state index in [2.05, 4.69) is 22.1 Å². The van der Waals surface area contributed by atoms with Crippen LogP contribution in [0.3, 0.4) is 0 Å². The average molecular weight is 393 g/mol. The average Bonchev–Trinajstić information content (AvgIpc) is 2.69. The van der Waals surface area contributed by atoms with Crippen molar-refractivity contribution in [2.45, 2.75) is 5.75 Å². The van der Waals surface area contributed by atoms with Crippen LogP contribution in [0.5, 0.6) is 0 Å². The summed E-state index contributed by atoms with van der Waals surface area (Å²) in [5.41, 5.74) is 3.42. The first-order valence-electron chi connectivity index (χ1n) is 8.34. The van der Waals surface area contributed by atoms with Crippen LogP contribution >= 0.6 is 23.4 Å². The summed E-state index contributed by atoms with van der Waals surface area (Å²) in [4.78, 5) is 16.3. The van der Waals surface area contributed by atoms with Crippen molar-refractivity contribution in [2.24, 2.45) is 0 Å². The molecule has 1 amide bonds. The first kappa shape index (κ1) is 19.0. The lowest BCUT2D eigenvalue weighted by Crippen LogP contribution is -2.14. The van der Waals surface area contributed by atoms with E-state index in [-0.39, 0.29) is 5.91 Å². The third-order valence-electron chi connectivity index (χ3n) is 3.56. The fraction of sp³-hybridized carbons (Fsp3) is 0.0909. The number of hydrogen-bond donors (Lipinski definition) is 1. The molecular formula is C22H17ClN2OS. The highest BCUT2D eigenvalue weighted by Gasteiger charge is 2.04. The molecule has 0 spiro atoms. The molecular weight excluding hydrogens is 376 g/mol. The minimum Gasteiger partial charge on any atom is -0.325 e. The molecule has 0 aliphatic heterocycles. The molecule has 134 valence electrons. The Bertz CT molecular complexity index is 963. The summed E-state index contributed by atoms with van der Waals surface area (Å²) < 4.78 is 0. The Hall–Kier alpha value is -2.74. The van der Waals surface area contributed by atoms with E-state index in [0.29, 0.717) is 16.5 Å². The van der Waals surface area contributed by atoms with Gasteiger partial charge < -0.3 is 5.32 Å². The molecule has 0 aliphatic carbocycles. The van der Waals surface area contributed by atoms with Crippen LogP contribution < -0.4 is 5.32 Å². The molecule has 1 N–H and O–H groups in total. The number of carbonyl (C=O) groups excluding carboxylic acids is 1. The molecule has 3 rings (SSSR count). The summed E-state index contributed by atoms with van der Waals surface area (Å²) in [7, 11) is 0. The molecule has 3 aromatic rings. The van der Waals surface area contributed by atoms with Crippen LogP contribution in [0.4, 0.5) is 5.69 Å². The van der Waals surface area contributed by atoms with E-state index < -0.39 is 0 Å². The SMILES string of the molecule is O=C(CSCc1ccc(Cl)cc1)Nc1cccc(C#Cc2ccccn2)c1. The number of nitrogens with zero attached hydrogens (tertiary/aromatic N) is 1. The number of amides is 1. The van der Waals surface area contributed by atoms with Crippen LogP contribution in [-0.4, -0.2) is 16.6 Å². The monoisotopic (exact) mass is 392 g/mol. The molecule has 5 heteroatoms. The highest BCUT2D eigenvalue weighted by molar-refractivity contribution is 7.99. The number of anilines is 1. The van der Waals surface area contributed by atoms with Gasteiger partial charge in [-0.1, -0.05) is 41.8 Å². The Kier molecular flexibility index (Phi) is 6.92. The molecule has 0 saturated heterocycles. The molecule has 0 atom stereocenters. The van der Waals surface area contributed by atoms with Gasteiger partial charge in [0, 0.05) is 28.2 Å². The number of pyridine rings is 1. The van der Waals surface area contributed by atoms with Gasteiger partial charge in [0.1, 0.15) is 5.69 Å². The zero-order valence-electron chi connectivity index (χ0n) is 14.5. The minimum absolute atomic E-state index is 0.0381. The van der Waals surface area contributed by atoms with Crippen LogP contribution in [0, 0.1) is 11.8 Å². The lowest BCUT2D eigenvalue weighted by molar-refractivity contribution is -0.113. The normalized spacial score (nSPS) is 9.96. The van der Waals surface area contributed by atoms with E-state index in [4.69, 9.17) is 11.6 Å². The number of hydrogen-bond acceptors (Lipinski definition) is 3. The molecule has 1 aromatic heterocycles. The van der Waals surface area contributed by atoms with Gasteiger partial charge in [-0.3, -0.25) is 4.79 Å². The van der Waals surface area contributed by atoms with Gasteiger partial charge in [0.25, 0.3) is 0 Å². The van der Waals surface area contributed by atoms with Gasteiger partial charge in [0.15, 0.2) is 0 Å². The molecule has 0 bridgehead atoms. The van der Waals surface area contributed by atoms with Crippen molar-refractivity contribution in [3.63, 3.8) is 0 Å². The largest absolute Gasteiger partial charge is 0.325 e. The highest BCUT2D eigenvalue weighted by atomic mass is 35.5. The van der Waals surface area contributed by atoms with Crippen molar-refractivity contribution in [2.75, 3.05) is 11.1 Å². The molecule has 0 radical (unpaired) electrons. The number of benzene rings is 2. The van der Waals surface area contributed by atoms with Gasteiger partial charge >= 0.3 is 0 Å². The van der Waals surface area contributed by atoms with Gasteiger partial charge in [-0.15, -0.1) is 11.8 Å². The maximum atomic E-state index is 12.1. The summed E-state index contributed by atoms with van der Waals surface area (Å²) in [6, 6.07) is 20.8. The van der Waals surface area contributed by atoms with Crippen molar-refractivity contribution in [3.05, 3.63) is 94.8 Å². The molecule has 27 heavy (non-hydrogen) atoms. The van der Waals surface area contributed by atoms with Crippen LogP contribution in [-0.2, 0) is 10.5 Å². The Labute approximate surface area is 168 Å². The minimum atomic E-state index is -0.0381. The van der Waals surface area contributed by atoms with Gasteiger partial charge in [0.2, 0.25) is 5.91 Å². The zero-order chi connectivity index (χ0) is 18.9. The summed E-state index contributed by atoms with van der Waals surface area (Å²) in [5.74, 6) is 7.18. The molecule has 0 saturated carbocycles. The second-order valence-electron chi connectivity index (χ2n) is 5.71. The van der Waals surface area contributed by atoms with Crippen LogP contribution in [0.2, 0.25) is 5.02 Å². The third-order valence-corrected chi connectivity index (χ3v) is 4.82. The van der Waals surface area contributed by atoms with Crippen molar-refractivity contribution in [1.82, 2.24) is 4.98 Å². The molecule has 2 aromatic carbocycles. The first-order valence-corrected chi connectivity index (χ1v) is 9.87. The summed E-state index contributed by atoms with van der Waals surface area (Å²) >= 11 is 7.43. The van der Waals surface area contributed by atoms with E-state index in [1.165, 1.54) is 0 Å². The van der Waals surface area contributed by atoms with Gasteiger partial charge in [0.05, 0.1) is 5.75 Å². The molecule has 0 fully saturated rings. The quantitative estimate of drug-likeness (QED) is 0.621. The van der Waals surface area contributed by atoms with E-state index in [9.17, 15) is 4.79 Å². The second kappa shape index (κ2) is 9.82. The Morgan fingerprint density at radius 1 is 1.04 bits per heavy atom. The van der Waals surface area contributed by atoms with E-state index in [0.717, 1.165) is 22.6 Å². The summed E-state index contributed by atoms with van der Waals surface area (Å²) in [6.07, 6.45) is 1.71. The molecule has 0 aliphatic rings. The highest BCUT2D eigenvalue weighted by Crippen LogP contribution is 2.16. The van der Waals surface area contributed by atoms with Gasteiger partial charge in [-0.2, -0.15) is 0 Å². The maximum Gasteiger partial charge on any atom is 0.234 e. The Morgan fingerprint density at radius 2 is 1.89 bits per heavy atom. The number of rotatable bonds is 5. The van der Waals surface area contributed by atoms with Crippen molar-refractivity contribution in [3.8, 4) is 11.8 Å². The van der Waals surface area contributed by atoms with Crippen LogP contribution in [0.15, 0.2) is 72.9 Å². The number of nitrogens with one attached hydrogen (secondary N) is 1. The third kappa shape index (κ3) is 6.49. The molecule has 1 heterocycles. The van der Waals surface area contributed by atoms with Crippen molar-refractivity contribution in [1.29, 1.82) is 0 Å². The smallest absolute Gasteiger partial charge is 0.234 e. The van der Waals surface area contributed by atoms with Crippen molar-refractivity contribution < 1.29 is 4.79 Å². The van der Waals surface area contributed by atoms with E-state index in [1.807, 2.05) is 66.7 Å². The Balaban J connectivity index is 1.52. The predicted octanol–water partition coefficient (Wildman–Crippen LogP) is 5.01. The number of halogens is 1. The lowest BCUT2D eigenvalue weighted by atomic mass is 10.2. The fourth-order valence-electron chi connectivity index (χ4n) is 2.29. The molecule has 3 nitrogen and oxygen atoms in total. The van der Waals surface area contributed by atoms with Gasteiger partial charge in [-0.05, 0) is 53.9 Å². The van der Waals surface area contributed by atoms with E-state index in [1.54, 1.807) is 18.0 Å². The lowest BCUT2D eigenvalue weighted by Gasteiger charge is -2.06. The second-order valence-corrected chi connectivity index (χ2v) is 7.14. The molecule has 0 unspecified atom stereocenters. The maximum absolute atomic E-state index is 12.1. The van der Waals surface area contributed by atoms with Crippen LogP contribution in [0.1, 0.15) is 16.8 Å². The number of carbonyl (C=O) groups is 1. The fourth-order valence-corrected chi connectivity index (χ4v) is 3.20. The van der Waals surface area contributed by atoms with Crippen molar-refractivity contribution >= 4 is 35.0 Å².